The maximum Gasteiger partial charge on any atom is 0.257 e. The number of benzene rings is 2. The fourth-order valence-electron chi connectivity index (χ4n) is 3.51. The Bertz CT molecular complexity index is 1270. The van der Waals surface area contributed by atoms with Crippen molar-refractivity contribution >= 4 is 22.9 Å². The van der Waals surface area contributed by atoms with E-state index >= 15 is 0 Å². The monoisotopic (exact) mass is 442 g/mol. The number of carbonyl (C=O) groups excluding carboxylic acids is 1. The summed E-state index contributed by atoms with van der Waals surface area (Å²) in [6, 6.07) is 19.1. The van der Waals surface area contributed by atoms with Crippen LogP contribution in [0.4, 0.5) is 5.69 Å². The lowest BCUT2D eigenvalue weighted by molar-refractivity contribution is 0.102. The number of amides is 1. The van der Waals surface area contributed by atoms with E-state index in [0.717, 1.165) is 33.4 Å². The lowest BCUT2D eigenvalue weighted by Crippen LogP contribution is -2.13. The van der Waals surface area contributed by atoms with Gasteiger partial charge in [-0.3, -0.25) is 9.36 Å². The lowest BCUT2D eigenvalue weighted by atomic mass is 10.1. The topological polar surface area (TPSA) is 79.9 Å². The van der Waals surface area contributed by atoms with Crippen LogP contribution < -0.4 is 10.1 Å². The average Bonchev–Trinajstić information content (AvgIpc) is 3.41. The van der Waals surface area contributed by atoms with Crippen molar-refractivity contribution in [2.45, 2.75) is 26.9 Å². The molecule has 160 valence electrons. The summed E-state index contributed by atoms with van der Waals surface area (Å²) in [6.45, 7) is 4.27. The van der Waals surface area contributed by atoms with Crippen molar-refractivity contribution in [2.75, 3.05) is 5.32 Å². The second kappa shape index (κ2) is 9.50. The first-order valence-electron chi connectivity index (χ1n) is 10.1. The van der Waals surface area contributed by atoms with Crippen molar-refractivity contribution in [3.63, 3.8) is 0 Å². The number of nitrogens with zero attached hydrogens (tertiary/aromatic N) is 3. The zero-order chi connectivity index (χ0) is 22.5. The van der Waals surface area contributed by atoms with Gasteiger partial charge >= 0.3 is 0 Å². The quantitative estimate of drug-likeness (QED) is 0.413. The van der Waals surface area contributed by atoms with Gasteiger partial charge in [-0.1, -0.05) is 24.3 Å². The Morgan fingerprint density at radius 1 is 1.16 bits per heavy atom. The molecule has 0 unspecified atom stereocenters. The zero-order valence-corrected chi connectivity index (χ0v) is 18.6. The van der Waals surface area contributed by atoms with Gasteiger partial charge in [0.25, 0.3) is 5.91 Å². The zero-order valence-electron chi connectivity index (χ0n) is 17.8. The number of nitriles is 1. The molecule has 2 aromatic carbocycles. The van der Waals surface area contributed by atoms with Crippen LogP contribution in [0.15, 0.2) is 66.2 Å². The average molecular weight is 443 g/mol. The molecule has 0 radical (unpaired) electrons. The molecule has 0 saturated heterocycles. The molecule has 4 aromatic rings. The Balaban J connectivity index is 1.43. The van der Waals surface area contributed by atoms with E-state index in [1.165, 1.54) is 11.3 Å². The van der Waals surface area contributed by atoms with Crippen molar-refractivity contribution in [1.82, 2.24) is 9.55 Å². The third kappa shape index (κ3) is 4.71. The Labute approximate surface area is 190 Å². The molecule has 1 amide bonds. The van der Waals surface area contributed by atoms with Gasteiger partial charge in [0.1, 0.15) is 12.4 Å². The summed E-state index contributed by atoms with van der Waals surface area (Å²) >= 11 is 1.53. The Morgan fingerprint density at radius 3 is 2.69 bits per heavy atom. The summed E-state index contributed by atoms with van der Waals surface area (Å²) in [6.07, 6.45) is 2.14. The highest BCUT2D eigenvalue weighted by atomic mass is 32.1. The maximum atomic E-state index is 13.0. The van der Waals surface area contributed by atoms with Crippen LogP contribution >= 0.6 is 11.3 Å². The summed E-state index contributed by atoms with van der Waals surface area (Å²) in [7, 11) is 0. The van der Waals surface area contributed by atoms with Crippen molar-refractivity contribution in [1.29, 1.82) is 5.26 Å². The van der Waals surface area contributed by atoms with Gasteiger partial charge in [0.05, 0.1) is 18.1 Å². The van der Waals surface area contributed by atoms with Gasteiger partial charge in [0, 0.05) is 28.7 Å². The summed E-state index contributed by atoms with van der Waals surface area (Å²) in [4.78, 5) is 17.3. The Hall–Kier alpha value is -3.89. The Kier molecular flexibility index (Phi) is 6.34. The number of carbonyl (C=O) groups is 1. The largest absolute Gasteiger partial charge is 0.489 e. The molecule has 4 rings (SSSR count). The fraction of sp³-hybridized carbons (Fsp3) is 0.160. The van der Waals surface area contributed by atoms with E-state index in [4.69, 9.17) is 10.00 Å². The van der Waals surface area contributed by atoms with E-state index in [9.17, 15) is 4.79 Å². The number of aryl methyl sites for hydroxylation is 1. The lowest BCUT2D eigenvalue weighted by Gasteiger charge is -2.10. The SMILES string of the molecule is Cc1cc(C(=O)Nc2cccc(COc3ccc(CC#N)cc3)c2)c(C)n1-c1nccs1. The van der Waals surface area contributed by atoms with Gasteiger partial charge < -0.3 is 10.1 Å². The highest BCUT2D eigenvalue weighted by molar-refractivity contribution is 7.12. The molecule has 0 atom stereocenters. The molecule has 1 N–H and O–H groups in total. The van der Waals surface area contributed by atoms with Gasteiger partial charge in [-0.2, -0.15) is 5.26 Å². The summed E-state index contributed by atoms with van der Waals surface area (Å²) in [5, 5.41) is 14.5. The number of aromatic nitrogens is 2. The minimum atomic E-state index is -0.160. The minimum Gasteiger partial charge on any atom is -0.489 e. The van der Waals surface area contributed by atoms with Crippen LogP contribution in [0.1, 0.15) is 32.9 Å². The van der Waals surface area contributed by atoms with Gasteiger partial charge in [-0.05, 0) is 55.3 Å². The predicted octanol–water partition coefficient (Wildman–Crippen LogP) is 5.45. The fourth-order valence-corrected chi connectivity index (χ4v) is 4.26. The molecule has 6 nitrogen and oxygen atoms in total. The van der Waals surface area contributed by atoms with Crippen LogP contribution in [0.5, 0.6) is 5.75 Å². The van der Waals surface area contributed by atoms with Crippen LogP contribution in [0.25, 0.3) is 5.13 Å². The first kappa shape index (κ1) is 21.3. The van der Waals surface area contributed by atoms with Crippen molar-refractivity contribution in [3.8, 4) is 17.0 Å². The molecule has 0 aliphatic carbocycles. The third-order valence-electron chi connectivity index (χ3n) is 5.08. The normalized spacial score (nSPS) is 10.5. The van der Waals surface area contributed by atoms with Gasteiger partial charge in [-0.25, -0.2) is 4.98 Å². The summed E-state index contributed by atoms with van der Waals surface area (Å²) in [5.74, 6) is 0.572. The predicted molar refractivity (Wildman–Crippen MR) is 125 cm³/mol. The van der Waals surface area contributed by atoms with E-state index in [1.807, 2.05) is 78.4 Å². The maximum absolute atomic E-state index is 13.0. The second-order valence-electron chi connectivity index (χ2n) is 7.36. The molecular weight excluding hydrogens is 420 g/mol. The minimum absolute atomic E-state index is 0.160. The van der Waals surface area contributed by atoms with E-state index in [0.29, 0.717) is 24.3 Å². The molecule has 0 fully saturated rings. The second-order valence-corrected chi connectivity index (χ2v) is 8.23. The molecule has 0 bridgehead atoms. The van der Waals surface area contributed by atoms with Crippen LogP contribution in [-0.4, -0.2) is 15.5 Å². The molecular formula is C25H22N4O2S. The van der Waals surface area contributed by atoms with Crippen molar-refractivity contribution in [2.24, 2.45) is 0 Å². The first-order valence-corrected chi connectivity index (χ1v) is 11.0. The summed E-state index contributed by atoms with van der Waals surface area (Å²) in [5.41, 5.74) is 5.05. The van der Waals surface area contributed by atoms with Gasteiger partial charge in [0.15, 0.2) is 5.13 Å². The summed E-state index contributed by atoms with van der Waals surface area (Å²) < 4.78 is 7.84. The number of hydrogen-bond donors (Lipinski definition) is 1. The number of rotatable bonds is 7. The highest BCUT2D eigenvalue weighted by Gasteiger charge is 2.18. The van der Waals surface area contributed by atoms with E-state index in [1.54, 1.807) is 6.20 Å². The van der Waals surface area contributed by atoms with Gasteiger partial charge in [-0.15, -0.1) is 11.3 Å². The van der Waals surface area contributed by atoms with E-state index < -0.39 is 0 Å². The number of nitrogens with one attached hydrogen (secondary N) is 1. The molecule has 32 heavy (non-hydrogen) atoms. The van der Waals surface area contributed by atoms with Crippen LogP contribution in [-0.2, 0) is 13.0 Å². The number of hydrogen-bond acceptors (Lipinski definition) is 5. The molecule has 0 spiro atoms. The molecule has 0 aliphatic heterocycles. The molecule has 0 aliphatic rings. The van der Waals surface area contributed by atoms with Gasteiger partial charge in [0.2, 0.25) is 0 Å². The molecule has 2 aromatic heterocycles. The Morgan fingerprint density at radius 2 is 1.97 bits per heavy atom. The standard InChI is InChI=1S/C25H22N4O2S/c1-17-14-23(18(2)29(17)25-27-12-13-32-25)24(30)28-21-5-3-4-20(15-21)16-31-22-8-6-19(7-9-22)10-11-26/h3-9,12-15H,10,16H2,1-2H3,(H,28,30). The highest BCUT2D eigenvalue weighted by Crippen LogP contribution is 2.23. The molecule has 0 saturated carbocycles. The number of ether oxygens (including phenoxy) is 1. The number of anilines is 1. The smallest absolute Gasteiger partial charge is 0.257 e. The van der Waals surface area contributed by atoms with Crippen LogP contribution in [0, 0.1) is 25.2 Å². The third-order valence-corrected chi connectivity index (χ3v) is 5.84. The van der Waals surface area contributed by atoms with Crippen LogP contribution in [0.2, 0.25) is 0 Å². The molecule has 2 heterocycles. The van der Waals surface area contributed by atoms with E-state index in [2.05, 4.69) is 16.4 Å². The van der Waals surface area contributed by atoms with E-state index in [-0.39, 0.29) is 5.91 Å². The number of thiazole rings is 1. The van der Waals surface area contributed by atoms with Crippen molar-refractivity contribution in [3.05, 3.63) is 94.3 Å². The van der Waals surface area contributed by atoms with Crippen LogP contribution in [0.3, 0.4) is 0 Å². The molecule has 7 heteroatoms. The first-order chi connectivity index (χ1) is 15.5. The van der Waals surface area contributed by atoms with Crippen molar-refractivity contribution < 1.29 is 9.53 Å².